The number of benzene rings is 1. The number of carbonyl (C=O) groups is 1. The Morgan fingerprint density at radius 3 is 2.22 bits per heavy atom. The third-order valence-electron chi connectivity index (χ3n) is 3.38. The molecule has 0 aliphatic carbocycles. The van der Waals surface area contributed by atoms with Crippen LogP contribution in [0.15, 0.2) is 18.2 Å². The van der Waals surface area contributed by atoms with E-state index < -0.39 is 0 Å². The van der Waals surface area contributed by atoms with Gasteiger partial charge in [-0.2, -0.15) is 0 Å². The zero-order valence-corrected chi connectivity index (χ0v) is 11.4. The van der Waals surface area contributed by atoms with Gasteiger partial charge in [-0.25, -0.2) is 0 Å². The van der Waals surface area contributed by atoms with E-state index >= 15 is 0 Å². The maximum Gasteiger partial charge on any atom is 0.224 e. The van der Waals surface area contributed by atoms with E-state index in [0.29, 0.717) is 0 Å². The Morgan fingerprint density at radius 2 is 1.72 bits per heavy atom. The maximum absolute atomic E-state index is 12.0. The van der Waals surface area contributed by atoms with Crippen LogP contribution >= 0.6 is 0 Å². The van der Waals surface area contributed by atoms with E-state index in [0.717, 1.165) is 31.7 Å². The standard InChI is InChI=1S/C15H21NO2/c1-11-8-12(2)10-15(9-11)16(13(3)17)14-4-6-18-7-5-14/h8-10,14H,4-7H2,1-3H3. The zero-order valence-electron chi connectivity index (χ0n) is 11.4. The Labute approximate surface area is 109 Å². The number of amides is 1. The molecule has 0 bridgehead atoms. The normalized spacial score (nSPS) is 16.6. The molecule has 18 heavy (non-hydrogen) atoms. The van der Waals surface area contributed by atoms with Gasteiger partial charge in [-0.05, 0) is 49.9 Å². The highest BCUT2D eigenvalue weighted by Gasteiger charge is 2.25. The van der Waals surface area contributed by atoms with Crippen LogP contribution in [-0.4, -0.2) is 25.2 Å². The molecule has 1 aliphatic heterocycles. The van der Waals surface area contributed by atoms with Gasteiger partial charge in [0, 0.05) is 31.9 Å². The van der Waals surface area contributed by atoms with Crippen molar-refractivity contribution in [2.45, 2.75) is 39.7 Å². The van der Waals surface area contributed by atoms with Crippen LogP contribution in [0.3, 0.4) is 0 Å². The maximum atomic E-state index is 12.0. The lowest BCUT2D eigenvalue weighted by Crippen LogP contribution is -2.42. The van der Waals surface area contributed by atoms with Crippen molar-refractivity contribution in [1.82, 2.24) is 0 Å². The molecule has 1 amide bonds. The lowest BCUT2D eigenvalue weighted by molar-refractivity contribution is -0.117. The number of anilines is 1. The van der Waals surface area contributed by atoms with Crippen LogP contribution in [0.5, 0.6) is 0 Å². The number of aryl methyl sites for hydroxylation is 2. The number of ether oxygens (including phenoxy) is 1. The second kappa shape index (κ2) is 5.53. The van der Waals surface area contributed by atoms with E-state index in [-0.39, 0.29) is 11.9 Å². The molecule has 0 atom stereocenters. The summed E-state index contributed by atoms with van der Waals surface area (Å²) in [6, 6.07) is 6.58. The molecule has 3 heteroatoms. The molecule has 2 rings (SSSR count). The van der Waals surface area contributed by atoms with Gasteiger partial charge in [-0.3, -0.25) is 4.79 Å². The molecule has 1 fully saturated rings. The smallest absolute Gasteiger partial charge is 0.224 e. The molecule has 3 nitrogen and oxygen atoms in total. The summed E-state index contributed by atoms with van der Waals surface area (Å²) in [5, 5.41) is 0. The summed E-state index contributed by atoms with van der Waals surface area (Å²) in [5.74, 6) is 0.118. The van der Waals surface area contributed by atoms with Crippen molar-refractivity contribution in [3.8, 4) is 0 Å². The molecular formula is C15H21NO2. The molecule has 0 radical (unpaired) electrons. The van der Waals surface area contributed by atoms with Crippen LogP contribution < -0.4 is 4.90 Å². The first kappa shape index (κ1) is 13.1. The Kier molecular flexibility index (Phi) is 4.02. The summed E-state index contributed by atoms with van der Waals surface area (Å²) in [4.78, 5) is 13.9. The zero-order chi connectivity index (χ0) is 13.1. The van der Waals surface area contributed by atoms with E-state index in [4.69, 9.17) is 4.74 Å². The minimum Gasteiger partial charge on any atom is -0.381 e. The Balaban J connectivity index is 2.31. The number of rotatable bonds is 2. The SMILES string of the molecule is CC(=O)N(c1cc(C)cc(C)c1)C1CCOCC1. The van der Waals surface area contributed by atoms with Crippen LogP contribution in [0.2, 0.25) is 0 Å². The molecule has 1 heterocycles. The summed E-state index contributed by atoms with van der Waals surface area (Å²) >= 11 is 0. The third kappa shape index (κ3) is 2.91. The first-order valence-corrected chi connectivity index (χ1v) is 6.54. The van der Waals surface area contributed by atoms with E-state index in [1.54, 1.807) is 6.92 Å². The average Bonchev–Trinajstić information content (AvgIpc) is 2.28. The van der Waals surface area contributed by atoms with E-state index in [2.05, 4.69) is 32.0 Å². The first-order chi connectivity index (χ1) is 8.58. The fourth-order valence-electron chi connectivity index (χ4n) is 2.68. The van der Waals surface area contributed by atoms with Crippen LogP contribution in [0.25, 0.3) is 0 Å². The highest BCUT2D eigenvalue weighted by molar-refractivity contribution is 5.92. The second-order valence-corrected chi connectivity index (χ2v) is 5.08. The highest BCUT2D eigenvalue weighted by Crippen LogP contribution is 2.25. The molecule has 1 saturated heterocycles. The fourth-order valence-corrected chi connectivity index (χ4v) is 2.68. The molecular weight excluding hydrogens is 226 g/mol. The molecule has 0 saturated carbocycles. The summed E-state index contributed by atoms with van der Waals surface area (Å²) < 4.78 is 5.37. The van der Waals surface area contributed by atoms with Crippen molar-refractivity contribution in [2.75, 3.05) is 18.1 Å². The first-order valence-electron chi connectivity index (χ1n) is 6.54. The van der Waals surface area contributed by atoms with Crippen LogP contribution in [0.4, 0.5) is 5.69 Å². The molecule has 1 aromatic carbocycles. The Hall–Kier alpha value is -1.35. The monoisotopic (exact) mass is 247 g/mol. The molecule has 98 valence electrons. The fraction of sp³-hybridized carbons (Fsp3) is 0.533. The van der Waals surface area contributed by atoms with Crippen LogP contribution in [0, 0.1) is 13.8 Å². The van der Waals surface area contributed by atoms with Gasteiger partial charge in [0.25, 0.3) is 0 Å². The van der Waals surface area contributed by atoms with Crippen molar-refractivity contribution >= 4 is 11.6 Å². The molecule has 0 unspecified atom stereocenters. The summed E-state index contributed by atoms with van der Waals surface area (Å²) in [5.41, 5.74) is 3.42. The van der Waals surface area contributed by atoms with Crippen molar-refractivity contribution in [3.05, 3.63) is 29.3 Å². The van der Waals surface area contributed by atoms with Gasteiger partial charge < -0.3 is 9.64 Å². The molecule has 0 N–H and O–H groups in total. The van der Waals surface area contributed by atoms with E-state index in [9.17, 15) is 4.79 Å². The average molecular weight is 247 g/mol. The van der Waals surface area contributed by atoms with Gasteiger partial charge in [0.1, 0.15) is 0 Å². The van der Waals surface area contributed by atoms with E-state index in [1.165, 1.54) is 11.1 Å². The number of hydrogen-bond acceptors (Lipinski definition) is 2. The van der Waals surface area contributed by atoms with Gasteiger partial charge in [0.05, 0.1) is 0 Å². The predicted octanol–water partition coefficient (Wildman–Crippen LogP) is 2.84. The largest absolute Gasteiger partial charge is 0.381 e. The minimum absolute atomic E-state index is 0.118. The van der Waals surface area contributed by atoms with Crippen LogP contribution in [0.1, 0.15) is 30.9 Å². The van der Waals surface area contributed by atoms with Gasteiger partial charge in [0.2, 0.25) is 5.91 Å². The number of nitrogens with zero attached hydrogens (tertiary/aromatic N) is 1. The number of carbonyl (C=O) groups excluding carboxylic acids is 1. The summed E-state index contributed by atoms with van der Waals surface area (Å²) in [6.45, 7) is 7.28. The van der Waals surface area contributed by atoms with Gasteiger partial charge >= 0.3 is 0 Å². The van der Waals surface area contributed by atoms with Crippen molar-refractivity contribution in [1.29, 1.82) is 0 Å². The Bertz CT molecular complexity index is 416. The second-order valence-electron chi connectivity index (χ2n) is 5.08. The third-order valence-corrected chi connectivity index (χ3v) is 3.38. The quantitative estimate of drug-likeness (QED) is 0.804. The topological polar surface area (TPSA) is 29.5 Å². The molecule has 0 aromatic heterocycles. The predicted molar refractivity (Wildman–Crippen MR) is 72.9 cm³/mol. The Morgan fingerprint density at radius 1 is 1.17 bits per heavy atom. The molecule has 1 aliphatic rings. The summed E-state index contributed by atoms with van der Waals surface area (Å²) in [6.07, 6.45) is 1.85. The van der Waals surface area contributed by atoms with Crippen LogP contribution in [-0.2, 0) is 9.53 Å². The van der Waals surface area contributed by atoms with Crippen molar-refractivity contribution < 1.29 is 9.53 Å². The van der Waals surface area contributed by atoms with Crippen molar-refractivity contribution in [2.24, 2.45) is 0 Å². The summed E-state index contributed by atoms with van der Waals surface area (Å²) in [7, 11) is 0. The highest BCUT2D eigenvalue weighted by atomic mass is 16.5. The van der Waals surface area contributed by atoms with Crippen molar-refractivity contribution in [3.63, 3.8) is 0 Å². The van der Waals surface area contributed by atoms with Gasteiger partial charge in [0.15, 0.2) is 0 Å². The minimum atomic E-state index is 0.118. The molecule has 1 aromatic rings. The number of hydrogen-bond donors (Lipinski definition) is 0. The lowest BCUT2D eigenvalue weighted by atomic mass is 10.0. The van der Waals surface area contributed by atoms with Gasteiger partial charge in [-0.15, -0.1) is 0 Å². The molecule has 0 spiro atoms. The van der Waals surface area contributed by atoms with Gasteiger partial charge in [-0.1, -0.05) is 6.07 Å². The lowest BCUT2D eigenvalue weighted by Gasteiger charge is -2.34. The van der Waals surface area contributed by atoms with E-state index in [1.807, 2.05) is 4.90 Å².